The molecule has 0 unspecified atom stereocenters. The van der Waals surface area contributed by atoms with Gasteiger partial charge in [0.2, 0.25) is 0 Å². The zero-order valence-electron chi connectivity index (χ0n) is 13.7. The van der Waals surface area contributed by atoms with Gasteiger partial charge in [-0.05, 0) is 12.1 Å². The zero-order valence-corrected chi connectivity index (χ0v) is 14.4. The molecule has 0 aliphatic carbocycles. The average Bonchev–Trinajstić information content (AvgIpc) is 2.68. The molecule has 0 spiro atoms. The van der Waals surface area contributed by atoms with E-state index >= 15 is 0 Å². The Morgan fingerprint density at radius 1 is 1.08 bits per heavy atom. The van der Waals surface area contributed by atoms with Gasteiger partial charge in [-0.25, -0.2) is 28.7 Å². The van der Waals surface area contributed by atoms with Crippen LogP contribution in [0.5, 0.6) is 0 Å². The average molecular weight is 374 g/mol. The molecule has 0 N–H and O–H groups in total. The number of hydrogen-bond donors (Lipinski definition) is 0. The van der Waals surface area contributed by atoms with Crippen molar-refractivity contribution in [3.05, 3.63) is 70.5 Å². The lowest BCUT2D eigenvalue weighted by Crippen LogP contribution is -2.31. The van der Waals surface area contributed by atoms with E-state index in [4.69, 9.17) is 11.6 Å². The number of rotatable bonds is 3. The van der Waals surface area contributed by atoms with Crippen molar-refractivity contribution in [1.82, 2.24) is 24.8 Å². The van der Waals surface area contributed by atoms with E-state index in [-0.39, 0.29) is 17.1 Å². The van der Waals surface area contributed by atoms with Gasteiger partial charge in [-0.1, -0.05) is 11.6 Å². The summed E-state index contributed by atoms with van der Waals surface area (Å²) >= 11 is 5.93. The van der Waals surface area contributed by atoms with E-state index in [0.29, 0.717) is 25.3 Å². The predicted octanol–water partition coefficient (Wildman–Crippen LogP) is 3.42. The molecule has 1 aliphatic rings. The number of fused-ring (bicyclic) bond motifs is 1. The molecule has 1 aliphatic heterocycles. The van der Waals surface area contributed by atoms with Gasteiger partial charge < -0.3 is 0 Å². The molecule has 0 atom stereocenters. The van der Waals surface area contributed by atoms with Crippen molar-refractivity contribution in [2.24, 2.45) is 0 Å². The standard InChI is InChI=1S/C18H14ClF2N5/c19-17-13(14(20)1-2-15(17)21)9-26-4-3-16-12(8-26)7-24-18(25-16)11-5-22-10-23-6-11/h1-2,5-7,10H,3-4,8-9H2. The largest absolute Gasteiger partial charge is 0.294 e. The van der Waals surface area contributed by atoms with Crippen molar-refractivity contribution in [2.45, 2.75) is 19.5 Å². The second-order valence-electron chi connectivity index (χ2n) is 6.08. The molecule has 26 heavy (non-hydrogen) atoms. The van der Waals surface area contributed by atoms with Crippen molar-refractivity contribution >= 4 is 11.6 Å². The maximum Gasteiger partial charge on any atom is 0.162 e. The summed E-state index contributed by atoms with van der Waals surface area (Å²) in [5.74, 6) is -0.534. The molecule has 3 aromatic rings. The van der Waals surface area contributed by atoms with E-state index in [9.17, 15) is 8.78 Å². The van der Waals surface area contributed by atoms with Crippen LogP contribution in [0.25, 0.3) is 11.4 Å². The summed E-state index contributed by atoms with van der Waals surface area (Å²) in [5.41, 5.74) is 2.84. The quantitative estimate of drug-likeness (QED) is 0.658. The van der Waals surface area contributed by atoms with Gasteiger partial charge in [-0.2, -0.15) is 0 Å². The van der Waals surface area contributed by atoms with Crippen LogP contribution in [-0.2, 0) is 19.5 Å². The molecule has 8 heteroatoms. The lowest BCUT2D eigenvalue weighted by Gasteiger charge is -2.28. The Bertz CT molecular complexity index is 952. The Morgan fingerprint density at radius 3 is 2.65 bits per heavy atom. The van der Waals surface area contributed by atoms with Crippen molar-refractivity contribution in [1.29, 1.82) is 0 Å². The third-order valence-electron chi connectivity index (χ3n) is 4.35. The molecule has 0 amide bonds. The zero-order chi connectivity index (χ0) is 18.1. The van der Waals surface area contributed by atoms with E-state index in [0.717, 1.165) is 29.0 Å². The number of hydrogen-bond acceptors (Lipinski definition) is 5. The highest BCUT2D eigenvalue weighted by Crippen LogP contribution is 2.27. The molecule has 0 saturated heterocycles. The fraction of sp³-hybridized carbons (Fsp3) is 0.222. The minimum absolute atomic E-state index is 0.161. The first-order chi connectivity index (χ1) is 12.6. The molecule has 2 aromatic heterocycles. The van der Waals surface area contributed by atoms with E-state index in [1.165, 1.54) is 6.33 Å². The van der Waals surface area contributed by atoms with E-state index < -0.39 is 11.6 Å². The van der Waals surface area contributed by atoms with Gasteiger partial charge >= 0.3 is 0 Å². The van der Waals surface area contributed by atoms with Crippen LogP contribution in [0.2, 0.25) is 5.02 Å². The highest BCUT2D eigenvalue weighted by atomic mass is 35.5. The van der Waals surface area contributed by atoms with Gasteiger partial charge in [-0.3, -0.25) is 4.90 Å². The van der Waals surface area contributed by atoms with Crippen LogP contribution in [0.1, 0.15) is 16.8 Å². The minimum atomic E-state index is -0.612. The smallest absolute Gasteiger partial charge is 0.162 e. The third kappa shape index (κ3) is 3.27. The van der Waals surface area contributed by atoms with E-state index in [1.54, 1.807) is 18.6 Å². The lowest BCUT2D eigenvalue weighted by atomic mass is 10.1. The fourth-order valence-corrected chi connectivity index (χ4v) is 3.21. The first kappa shape index (κ1) is 16.9. The molecule has 5 nitrogen and oxygen atoms in total. The first-order valence-corrected chi connectivity index (χ1v) is 8.44. The fourth-order valence-electron chi connectivity index (χ4n) is 3.00. The van der Waals surface area contributed by atoms with Crippen LogP contribution in [0.4, 0.5) is 8.78 Å². The molecule has 132 valence electrons. The Labute approximate surface area is 153 Å². The van der Waals surface area contributed by atoms with Crippen molar-refractivity contribution in [3.63, 3.8) is 0 Å². The topological polar surface area (TPSA) is 54.8 Å². The second-order valence-corrected chi connectivity index (χ2v) is 6.45. The number of benzene rings is 1. The molecule has 0 saturated carbocycles. The Morgan fingerprint density at radius 2 is 1.85 bits per heavy atom. The Balaban J connectivity index is 1.55. The van der Waals surface area contributed by atoms with E-state index in [2.05, 4.69) is 19.9 Å². The summed E-state index contributed by atoms with van der Waals surface area (Å²) in [6.07, 6.45) is 7.24. The van der Waals surface area contributed by atoms with E-state index in [1.807, 2.05) is 4.90 Å². The number of nitrogens with zero attached hydrogens (tertiary/aromatic N) is 5. The molecule has 1 aromatic carbocycles. The van der Waals surface area contributed by atoms with Gasteiger partial charge in [0.1, 0.15) is 18.0 Å². The summed E-state index contributed by atoms with van der Waals surface area (Å²) < 4.78 is 27.6. The van der Waals surface area contributed by atoms with Crippen molar-refractivity contribution in [3.8, 4) is 11.4 Å². The van der Waals surface area contributed by atoms with Crippen LogP contribution >= 0.6 is 11.6 Å². The van der Waals surface area contributed by atoms with Crippen LogP contribution in [0, 0.1) is 11.6 Å². The maximum absolute atomic E-state index is 14.0. The second kappa shape index (κ2) is 7.01. The first-order valence-electron chi connectivity index (χ1n) is 8.06. The normalized spacial score (nSPS) is 14.3. The van der Waals surface area contributed by atoms with Crippen molar-refractivity contribution < 1.29 is 8.78 Å². The third-order valence-corrected chi connectivity index (χ3v) is 4.76. The molecule has 0 bridgehead atoms. The van der Waals surface area contributed by atoms with Crippen LogP contribution in [0.15, 0.2) is 37.1 Å². The monoisotopic (exact) mass is 373 g/mol. The molecule has 0 radical (unpaired) electrons. The van der Waals surface area contributed by atoms with Gasteiger partial charge in [0.05, 0.1) is 16.3 Å². The predicted molar refractivity (Wildman–Crippen MR) is 92.2 cm³/mol. The maximum atomic E-state index is 14.0. The van der Waals surface area contributed by atoms with Gasteiger partial charge in [-0.15, -0.1) is 0 Å². The van der Waals surface area contributed by atoms with Gasteiger partial charge in [0, 0.05) is 55.8 Å². The van der Waals surface area contributed by atoms with Crippen molar-refractivity contribution in [2.75, 3.05) is 6.54 Å². The summed E-state index contributed by atoms with van der Waals surface area (Å²) in [4.78, 5) is 18.9. The van der Waals surface area contributed by atoms with Crippen LogP contribution in [-0.4, -0.2) is 31.4 Å². The Hall–Kier alpha value is -2.51. The molecular weight excluding hydrogens is 360 g/mol. The summed E-state index contributed by atoms with van der Waals surface area (Å²) in [7, 11) is 0. The van der Waals surface area contributed by atoms with Gasteiger partial charge in [0.15, 0.2) is 5.82 Å². The molecular formula is C18H14ClF2N5. The van der Waals surface area contributed by atoms with Crippen LogP contribution < -0.4 is 0 Å². The summed E-state index contributed by atoms with van der Waals surface area (Å²) in [6.45, 7) is 1.45. The van der Waals surface area contributed by atoms with Crippen LogP contribution in [0.3, 0.4) is 0 Å². The molecule has 0 fully saturated rings. The summed E-state index contributed by atoms with van der Waals surface area (Å²) in [6, 6.07) is 2.14. The number of halogens is 3. The minimum Gasteiger partial charge on any atom is -0.294 e. The van der Waals surface area contributed by atoms with Gasteiger partial charge in [0.25, 0.3) is 0 Å². The highest BCUT2D eigenvalue weighted by molar-refractivity contribution is 6.31. The SMILES string of the molecule is Fc1ccc(F)c(CN2CCc3nc(-c4cncnc4)ncc3C2)c1Cl. The molecule has 4 rings (SSSR count). The number of aromatic nitrogens is 4. The molecule has 3 heterocycles. The highest BCUT2D eigenvalue weighted by Gasteiger charge is 2.22. The lowest BCUT2D eigenvalue weighted by molar-refractivity contribution is 0.239. The Kier molecular flexibility index (Phi) is 4.57. The summed E-state index contributed by atoms with van der Waals surface area (Å²) in [5, 5.41) is -0.161.